The number of allylic oxidation sites excluding steroid dienone is 1. The monoisotopic (exact) mass is 452 g/mol. The summed E-state index contributed by atoms with van der Waals surface area (Å²) in [4.78, 5) is 5.70. The van der Waals surface area contributed by atoms with E-state index in [0.717, 1.165) is 64.6 Å². The first-order chi connectivity index (χ1) is 15.4. The first-order valence-corrected chi connectivity index (χ1v) is 11.4. The van der Waals surface area contributed by atoms with Gasteiger partial charge in [0.05, 0.1) is 12.4 Å². The Labute approximate surface area is 194 Å². The van der Waals surface area contributed by atoms with E-state index in [-0.39, 0.29) is 11.9 Å². The number of rotatable bonds is 8. The molecular formula is C26H30ClFN4. The van der Waals surface area contributed by atoms with Crippen molar-refractivity contribution in [2.24, 2.45) is 0 Å². The SMILES string of the molecule is C=C(NCc1cc2cc(Cl)ccc2[nH]1)NC1CCCN(C(=C)Cc2ccc(C)c(F)c2)C1. The van der Waals surface area contributed by atoms with Gasteiger partial charge in [0.15, 0.2) is 0 Å². The van der Waals surface area contributed by atoms with Gasteiger partial charge in [-0.25, -0.2) is 4.39 Å². The average Bonchev–Trinajstić information content (AvgIpc) is 3.17. The first-order valence-electron chi connectivity index (χ1n) is 11.0. The Morgan fingerprint density at radius 2 is 2.06 bits per heavy atom. The van der Waals surface area contributed by atoms with Crippen molar-refractivity contribution in [3.63, 3.8) is 0 Å². The lowest BCUT2D eigenvalue weighted by atomic mass is 10.0. The van der Waals surface area contributed by atoms with Crippen LogP contribution in [0.25, 0.3) is 10.9 Å². The third-order valence-electron chi connectivity index (χ3n) is 6.02. The molecule has 3 aromatic rings. The van der Waals surface area contributed by atoms with Gasteiger partial charge in [0.2, 0.25) is 0 Å². The largest absolute Gasteiger partial charge is 0.373 e. The van der Waals surface area contributed by atoms with Crippen LogP contribution in [0.2, 0.25) is 5.02 Å². The molecule has 1 aromatic heterocycles. The quantitative estimate of drug-likeness (QED) is 0.414. The van der Waals surface area contributed by atoms with E-state index in [1.807, 2.05) is 30.3 Å². The van der Waals surface area contributed by atoms with E-state index in [1.165, 1.54) is 0 Å². The highest BCUT2D eigenvalue weighted by Gasteiger charge is 2.21. The number of aromatic nitrogens is 1. The molecule has 4 nitrogen and oxygen atoms in total. The molecule has 1 aliphatic rings. The maximum atomic E-state index is 13.9. The summed E-state index contributed by atoms with van der Waals surface area (Å²) in [6, 6.07) is 13.6. The zero-order chi connectivity index (χ0) is 22.7. The molecule has 1 saturated heterocycles. The summed E-state index contributed by atoms with van der Waals surface area (Å²) < 4.78 is 13.9. The van der Waals surface area contributed by atoms with Crippen LogP contribution in [0.5, 0.6) is 0 Å². The topological polar surface area (TPSA) is 43.1 Å². The number of nitrogens with zero attached hydrogens (tertiary/aromatic N) is 1. The molecule has 0 amide bonds. The lowest BCUT2D eigenvalue weighted by Gasteiger charge is -2.36. The van der Waals surface area contributed by atoms with Crippen molar-refractivity contribution in [1.29, 1.82) is 0 Å². The Kier molecular flexibility index (Phi) is 6.75. The molecule has 1 fully saturated rings. The van der Waals surface area contributed by atoms with E-state index in [2.05, 4.69) is 39.7 Å². The molecule has 32 heavy (non-hydrogen) atoms. The molecule has 0 bridgehead atoms. The molecule has 0 aliphatic carbocycles. The number of likely N-dealkylation sites (tertiary alicyclic amines) is 1. The second-order valence-corrected chi connectivity index (χ2v) is 9.05. The van der Waals surface area contributed by atoms with Crippen molar-refractivity contribution >= 4 is 22.5 Å². The third kappa shape index (κ3) is 5.46. The van der Waals surface area contributed by atoms with Crippen LogP contribution in [0.15, 0.2) is 67.1 Å². The number of hydrogen-bond acceptors (Lipinski definition) is 3. The number of halogens is 2. The second-order valence-electron chi connectivity index (χ2n) is 8.61. The molecule has 0 saturated carbocycles. The van der Waals surface area contributed by atoms with Crippen LogP contribution >= 0.6 is 11.6 Å². The van der Waals surface area contributed by atoms with E-state index in [4.69, 9.17) is 11.6 Å². The summed E-state index contributed by atoms with van der Waals surface area (Å²) in [5.74, 6) is 0.647. The third-order valence-corrected chi connectivity index (χ3v) is 6.26. The standard InChI is InChI=1S/C26H30ClFN4/c1-17-6-7-20(12-25(17)28)11-18(2)32-10-4-5-23(16-32)30-19(3)29-15-24-14-21-13-22(27)8-9-26(21)31-24/h6-9,12-14,23,29-31H,2-5,10-11,15-16H2,1H3. The van der Waals surface area contributed by atoms with E-state index < -0.39 is 0 Å². The minimum absolute atomic E-state index is 0.158. The molecule has 168 valence electrons. The Hall–Kier alpha value is -2.92. The molecule has 0 spiro atoms. The van der Waals surface area contributed by atoms with Gasteiger partial charge < -0.3 is 20.5 Å². The van der Waals surface area contributed by atoms with Gasteiger partial charge in [-0.15, -0.1) is 0 Å². The fourth-order valence-electron chi connectivity index (χ4n) is 4.23. The van der Waals surface area contributed by atoms with E-state index in [9.17, 15) is 4.39 Å². The maximum absolute atomic E-state index is 13.9. The molecular weight excluding hydrogens is 423 g/mol. The minimum atomic E-state index is -0.158. The van der Waals surface area contributed by atoms with E-state index in [0.29, 0.717) is 18.5 Å². The van der Waals surface area contributed by atoms with Crippen LogP contribution < -0.4 is 10.6 Å². The Morgan fingerprint density at radius 3 is 2.88 bits per heavy atom. The van der Waals surface area contributed by atoms with Crippen molar-refractivity contribution in [1.82, 2.24) is 20.5 Å². The van der Waals surface area contributed by atoms with Crippen LogP contribution in [-0.4, -0.2) is 29.0 Å². The number of piperidine rings is 1. The fraction of sp³-hybridized carbons (Fsp3) is 0.308. The molecule has 2 aromatic carbocycles. The number of nitrogens with one attached hydrogen (secondary N) is 3. The highest BCUT2D eigenvalue weighted by atomic mass is 35.5. The van der Waals surface area contributed by atoms with Crippen molar-refractivity contribution in [2.75, 3.05) is 13.1 Å². The van der Waals surface area contributed by atoms with Gasteiger partial charge in [-0.1, -0.05) is 36.9 Å². The molecule has 3 N–H and O–H groups in total. The van der Waals surface area contributed by atoms with E-state index in [1.54, 1.807) is 13.0 Å². The van der Waals surface area contributed by atoms with Crippen LogP contribution in [-0.2, 0) is 13.0 Å². The predicted molar refractivity (Wildman–Crippen MR) is 131 cm³/mol. The van der Waals surface area contributed by atoms with Gasteiger partial charge in [-0.05, 0) is 61.2 Å². The Balaban J connectivity index is 1.27. The van der Waals surface area contributed by atoms with Crippen molar-refractivity contribution < 1.29 is 4.39 Å². The van der Waals surface area contributed by atoms with Crippen molar-refractivity contribution in [3.05, 3.63) is 94.8 Å². The van der Waals surface area contributed by atoms with E-state index >= 15 is 0 Å². The number of aromatic amines is 1. The van der Waals surface area contributed by atoms with Crippen LogP contribution in [0, 0.1) is 12.7 Å². The predicted octanol–water partition coefficient (Wildman–Crippen LogP) is 5.64. The number of aryl methyl sites for hydroxylation is 1. The van der Waals surface area contributed by atoms with Gasteiger partial charge in [0.25, 0.3) is 0 Å². The summed E-state index contributed by atoms with van der Waals surface area (Å²) in [6.45, 7) is 12.7. The molecule has 2 heterocycles. The van der Waals surface area contributed by atoms with Crippen molar-refractivity contribution in [3.8, 4) is 0 Å². The number of fused-ring (bicyclic) bond motifs is 1. The Morgan fingerprint density at radius 1 is 1.22 bits per heavy atom. The number of hydrogen-bond donors (Lipinski definition) is 3. The molecule has 1 atom stereocenters. The van der Waals surface area contributed by atoms with Crippen LogP contribution in [0.4, 0.5) is 4.39 Å². The van der Waals surface area contributed by atoms with Crippen molar-refractivity contribution in [2.45, 2.75) is 38.8 Å². The minimum Gasteiger partial charge on any atom is -0.373 e. The summed E-state index contributed by atoms with van der Waals surface area (Å²) in [5, 5.41) is 8.71. The highest BCUT2D eigenvalue weighted by molar-refractivity contribution is 6.31. The van der Waals surface area contributed by atoms with Gasteiger partial charge in [-0.3, -0.25) is 0 Å². The second kappa shape index (κ2) is 9.70. The summed E-state index contributed by atoms with van der Waals surface area (Å²) >= 11 is 6.08. The van der Waals surface area contributed by atoms with Gasteiger partial charge in [-0.2, -0.15) is 0 Å². The molecule has 4 rings (SSSR count). The van der Waals surface area contributed by atoms with Crippen LogP contribution in [0.3, 0.4) is 0 Å². The zero-order valence-corrected chi connectivity index (χ0v) is 19.2. The normalized spacial score (nSPS) is 16.2. The summed E-state index contributed by atoms with van der Waals surface area (Å²) in [7, 11) is 0. The van der Waals surface area contributed by atoms with Gasteiger partial charge in [0.1, 0.15) is 5.82 Å². The lowest BCUT2D eigenvalue weighted by Crippen LogP contribution is -2.46. The van der Waals surface area contributed by atoms with Crippen LogP contribution in [0.1, 0.15) is 29.7 Å². The zero-order valence-electron chi connectivity index (χ0n) is 18.5. The molecule has 6 heteroatoms. The fourth-order valence-corrected chi connectivity index (χ4v) is 4.41. The first kappa shape index (κ1) is 22.3. The summed E-state index contributed by atoms with van der Waals surface area (Å²) in [6.07, 6.45) is 2.82. The molecule has 1 unspecified atom stereocenters. The Bertz CT molecular complexity index is 1140. The number of H-pyrrole nitrogens is 1. The smallest absolute Gasteiger partial charge is 0.126 e. The maximum Gasteiger partial charge on any atom is 0.126 e. The molecule has 1 aliphatic heterocycles. The number of benzene rings is 2. The summed E-state index contributed by atoms with van der Waals surface area (Å²) in [5.41, 5.74) is 4.80. The van der Waals surface area contributed by atoms with Gasteiger partial charge >= 0.3 is 0 Å². The highest BCUT2D eigenvalue weighted by Crippen LogP contribution is 2.21. The molecule has 0 radical (unpaired) electrons. The average molecular weight is 453 g/mol. The lowest BCUT2D eigenvalue weighted by molar-refractivity contribution is 0.237. The van der Waals surface area contributed by atoms with Gasteiger partial charge in [0, 0.05) is 52.9 Å².